The zero-order valence-corrected chi connectivity index (χ0v) is 10.5. The molecule has 0 amide bonds. The van der Waals surface area contributed by atoms with Crippen LogP contribution in [-0.2, 0) is 4.74 Å². The van der Waals surface area contributed by atoms with Crippen LogP contribution in [0.25, 0.3) is 0 Å². The van der Waals surface area contributed by atoms with Crippen LogP contribution < -0.4 is 0 Å². The Balaban J connectivity index is 1.93. The third kappa shape index (κ3) is 2.54. The molecule has 1 saturated carbocycles. The Morgan fingerprint density at radius 1 is 1.13 bits per heavy atom. The Kier molecular flexibility index (Phi) is 3.36. The number of rotatable bonds is 1. The van der Waals surface area contributed by atoms with Gasteiger partial charge in [0.15, 0.2) is 0 Å². The lowest BCUT2D eigenvalue weighted by Gasteiger charge is -2.46. The Morgan fingerprint density at radius 3 is 2.40 bits per heavy atom. The van der Waals surface area contributed by atoms with Gasteiger partial charge < -0.3 is 4.74 Å². The van der Waals surface area contributed by atoms with Crippen molar-refractivity contribution in [3.8, 4) is 0 Å². The molecule has 1 unspecified atom stereocenters. The molecule has 1 saturated heterocycles. The van der Waals surface area contributed by atoms with Crippen LogP contribution in [-0.4, -0.2) is 37.2 Å². The summed E-state index contributed by atoms with van der Waals surface area (Å²) in [6, 6.07) is 0.820. The first-order chi connectivity index (χ1) is 7.09. The van der Waals surface area contributed by atoms with Gasteiger partial charge in [0.2, 0.25) is 0 Å². The molecule has 0 aromatic heterocycles. The topological polar surface area (TPSA) is 12.5 Å². The van der Waals surface area contributed by atoms with E-state index < -0.39 is 0 Å². The van der Waals surface area contributed by atoms with Crippen molar-refractivity contribution in [2.45, 2.75) is 46.1 Å². The number of ether oxygens (including phenoxy) is 1. The minimum Gasteiger partial charge on any atom is -0.379 e. The highest BCUT2D eigenvalue weighted by Crippen LogP contribution is 2.41. The van der Waals surface area contributed by atoms with E-state index >= 15 is 0 Å². The molecule has 1 aliphatic carbocycles. The maximum absolute atomic E-state index is 5.42. The van der Waals surface area contributed by atoms with Gasteiger partial charge in [-0.05, 0) is 30.6 Å². The second kappa shape index (κ2) is 4.42. The van der Waals surface area contributed by atoms with E-state index in [4.69, 9.17) is 4.74 Å². The average Bonchev–Trinajstić information content (AvgIpc) is 2.23. The molecule has 2 heteroatoms. The van der Waals surface area contributed by atoms with E-state index in [2.05, 4.69) is 25.7 Å². The Labute approximate surface area is 94.0 Å². The standard InChI is InChI=1S/C13H25NO/c1-11-4-5-12(10-13(11,2)3)14-6-8-15-9-7-14/h11-12H,4-10H2,1-3H3/t11?,12-/m0/s1. The van der Waals surface area contributed by atoms with Crippen LogP contribution >= 0.6 is 0 Å². The Hall–Kier alpha value is -0.0800. The third-order valence-electron chi connectivity index (χ3n) is 4.59. The van der Waals surface area contributed by atoms with Crippen molar-refractivity contribution in [2.24, 2.45) is 11.3 Å². The van der Waals surface area contributed by atoms with Gasteiger partial charge in [-0.1, -0.05) is 20.8 Å². The van der Waals surface area contributed by atoms with Crippen molar-refractivity contribution in [3.05, 3.63) is 0 Å². The minimum atomic E-state index is 0.529. The fourth-order valence-corrected chi connectivity index (χ4v) is 3.00. The highest BCUT2D eigenvalue weighted by atomic mass is 16.5. The van der Waals surface area contributed by atoms with Gasteiger partial charge in [0.1, 0.15) is 0 Å². The van der Waals surface area contributed by atoms with E-state index in [1.54, 1.807) is 0 Å². The molecule has 0 N–H and O–H groups in total. The molecule has 2 aliphatic rings. The zero-order valence-electron chi connectivity index (χ0n) is 10.5. The highest BCUT2D eigenvalue weighted by molar-refractivity contribution is 4.89. The molecule has 1 heterocycles. The number of hydrogen-bond donors (Lipinski definition) is 0. The van der Waals surface area contributed by atoms with Gasteiger partial charge in [-0.15, -0.1) is 0 Å². The molecule has 1 aliphatic heterocycles. The van der Waals surface area contributed by atoms with Crippen molar-refractivity contribution < 1.29 is 4.74 Å². The first-order valence-electron chi connectivity index (χ1n) is 6.41. The molecule has 2 fully saturated rings. The minimum absolute atomic E-state index is 0.529. The lowest BCUT2D eigenvalue weighted by atomic mass is 9.67. The van der Waals surface area contributed by atoms with E-state index in [1.807, 2.05) is 0 Å². The lowest BCUT2D eigenvalue weighted by molar-refractivity contribution is -0.0161. The Bertz CT molecular complexity index is 209. The molecule has 88 valence electrons. The summed E-state index contributed by atoms with van der Waals surface area (Å²) < 4.78 is 5.42. The molecule has 0 aromatic carbocycles. The molecular weight excluding hydrogens is 186 g/mol. The zero-order chi connectivity index (χ0) is 10.9. The van der Waals surface area contributed by atoms with Gasteiger partial charge in [-0.3, -0.25) is 4.90 Å². The van der Waals surface area contributed by atoms with Gasteiger partial charge in [0.25, 0.3) is 0 Å². The summed E-state index contributed by atoms with van der Waals surface area (Å²) in [4.78, 5) is 2.65. The summed E-state index contributed by atoms with van der Waals surface area (Å²) in [5.41, 5.74) is 0.529. The fourth-order valence-electron chi connectivity index (χ4n) is 3.00. The number of morpholine rings is 1. The highest BCUT2D eigenvalue weighted by Gasteiger charge is 2.36. The largest absolute Gasteiger partial charge is 0.379 e. The van der Waals surface area contributed by atoms with Crippen molar-refractivity contribution in [3.63, 3.8) is 0 Å². The van der Waals surface area contributed by atoms with E-state index in [1.165, 1.54) is 19.3 Å². The van der Waals surface area contributed by atoms with Crippen molar-refractivity contribution >= 4 is 0 Å². The van der Waals surface area contributed by atoms with Crippen molar-refractivity contribution in [2.75, 3.05) is 26.3 Å². The van der Waals surface area contributed by atoms with Crippen molar-refractivity contribution in [1.82, 2.24) is 4.90 Å². The molecule has 0 aromatic rings. The Morgan fingerprint density at radius 2 is 1.80 bits per heavy atom. The summed E-state index contributed by atoms with van der Waals surface area (Å²) in [6.45, 7) is 11.5. The fraction of sp³-hybridized carbons (Fsp3) is 1.00. The lowest BCUT2D eigenvalue weighted by Crippen LogP contribution is -2.48. The van der Waals surface area contributed by atoms with E-state index in [0.29, 0.717) is 5.41 Å². The third-order valence-corrected chi connectivity index (χ3v) is 4.59. The van der Waals surface area contributed by atoms with Gasteiger partial charge >= 0.3 is 0 Å². The predicted octanol–water partition coefficient (Wildman–Crippen LogP) is 2.53. The monoisotopic (exact) mass is 211 g/mol. The molecule has 0 bridgehead atoms. The summed E-state index contributed by atoms with van der Waals surface area (Å²) in [5.74, 6) is 0.884. The SMILES string of the molecule is CC1CC[C@H](N2CCOCC2)CC1(C)C. The van der Waals surface area contributed by atoms with Gasteiger partial charge in [0.05, 0.1) is 13.2 Å². The number of nitrogens with zero attached hydrogens (tertiary/aromatic N) is 1. The van der Waals surface area contributed by atoms with Gasteiger partial charge in [-0.25, -0.2) is 0 Å². The summed E-state index contributed by atoms with van der Waals surface area (Å²) in [5, 5.41) is 0. The molecule has 2 nitrogen and oxygen atoms in total. The quantitative estimate of drug-likeness (QED) is 0.661. The summed E-state index contributed by atoms with van der Waals surface area (Å²) in [6.07, 6.45) is 4.16. The molecule has 15 heavy (non-hydrogen) atoms. The predicted molar refractivity (Wildman–Crippen MR) is 63.0 cm³/mol. The van der Waals surface area contributed by atoms with Gasteiger partial charge in [-0.2, -0.15) is 0 Å². The maximum atomic E-state index is 5.42. The van der Waals surface area contributed by atoms with E-state index in [-0.39, 0.29) is 0 Å². The smallest absolute Gasteiger partial charge is 0.0594 e. The van der Waals surface area contributed by atoms with Crippen LogP contribution in [0.1, 0.15) is 40.0 Å². The number of hydrogen-bond acceptors (Lipinski definition) is 2. The van der Waals surface area contributed by atoms with Crippen LogP contribution in [0.4, 0.5) is 0 Å². The van der Waals surface area contributed by atoms with Crippen LogP contribution in [0, 0.1) is 11.3 Å². The van der Waals surface area contributed by atoms with E-state index in [9.17, 15) is 0 Å². The first-order valence-corrected chi connectivity index (χ1v) is 6.41. The average molecular weight is 211 g/mol. The molecule has 2 rings (SSSR count). The van der Waals surface area contributed by atoms with Crippen LogP contribution in [0.15, 0.2) is 0 Å². The van der Waals surface area contributed by atoms with Crippen LogP contribution in [0.2, 0.25) is 0 Å². The summed E-state index contributed by atoms with van der Waals surface area (Å²) in [7, 11) is 0. The normalized spacial score (nSPS) is 37.8. The molecule has 2 atom stereocenters. The molecule has 0 spiro atoms. The maximum Gasteiger partial charge on any atom is 0.0594 e. The van der Waals surface area contributed by atoms with Gasteiger partial charge in [0, 0.05) is 19.1 Å². The second-order valence-corrected chi connectivity index (χ2v) is 5.97. The van der Waals surface area contributed by atoms with Crippen LogP contribution in [0.3, 0.4) is 0 Å². The van der Waals surface area contributed by atoms with E-state index in [0.717, 1.165) is 38.3 Å². The first kappa shape index (κ1) is 11.4. The molecule has 0 radical (unpaired) electrons. The van der Waals surface area contributed by atoms with Crippen molar-refractivity contribution in [1.29, 1.82) is 0 Å². The molecular formula is C13H25NO. The van der Waals surface area contributed by atoms with Crippen LogP contribution in [0.5, 0.6) is 0 Å². The second-order valence-electron chi connectivity index (χ2n) is 5.97. The summed E-state index contributed by atoms with van der Waals surface area (Å²) >= 11 is 0.